The van der Waals surface area contributed by atoms with Crippen molar-refractivity contribution in [1.29, 1.82) is 0 Å². The Morgan fingerprint density at radius 2 is 1.67 bits per heavy atom. The molecule has 15 heavy (non-hydrogen) atoms. The van der Waals surface area contributed by atoms with Crippen LogP contribution in [0.15, 0.2) is 0 Å². The average Bonchev–Trinajstić information content (AvgIpc) is 2.16. The third kappa shape index (κ3) is 5.53. The highest BCUT2D eigenvalue weighted by atomic mass is 16.5. The number of hydrogen-bond donors (Lipinski definition) is 1. The number of rotatable bonds is 6. The molecule has 1 saturated carbocycles. The van der Waals surface area contributed by atoms with Crippen molar-refractivity contribution in [3.63, 3.8) is 0 Å². The maximum Gasteiger partial charge on any atom is 0.0580 e. The Kier molecular flexibility index (Phi) is 6.26. The van der Waals surface area contributed by atoms with Crippen molar-refractivity contribution < 1.29 is 4.74 Å². The van der Waals surface area contributed by atoms with E-state index in [1.165, 1.54) is 32.1 Å². The van der Waals surface area contributed by atoms with E-state index in [0.29, 0.717) is 6.10 Å². The molecule has 0 radical (unpaired) electrons. The second kappa shape index (κ2) is 7.24. The first-order chi connectivity index (χ1) is 7.22. The van der Waals surface area contributed by atoms with Gasteiger partial charge in [-0.2, -0.15) is 0 Å². The highest BCUT2D eigenvalue weighted by Gasteiger charge is 2.23. The van der Waals surface area contributed by atoms with Crippen LogP contribution in [0, 0.1) is 11.8 Å². The van der Waals surface area contributed by atoms with Gasteiger partial charge in [-0.15, -0.1) is 0 Å². The first-order valence-corrected chi connectivity index (χ1v) is 6.54. The SMILES string of the molecule is CC1CC(C)CC(OCCCCCN)C1. The maximum atomic E-state index is 5.93. The predicted octanol–water partition coefficient (Wildman–Crippen LogP) is 2.96. The fourth-order valence-electron chi connectivity index (χ4n) is 2.68. The van der Waals surface area contributed by atoms with Gasteiger partial charge in [0, 0.05) is 6.61 Å². The van der Waals surface area contributed by atoms with Crippen LogP contribution in [-0.2, 0) is 4.74 Å². The van der Waals surface area contributed by atoms with E-state index in [1.807, 2.05) is 0 Å². The Morgan fingerprint density at radius 3 is 2.27 bits per heavy atom. The van der Waals surface area contributed by atoms with Crippen molar-refractivity contribution >= 4 is 0 Å². The third-order valence-electron chi connectivity index (χ3n) is 3.34. The van der Waals surface area contributed by atoms with Crippen molar-refractivity contribution in [2.24, 2.45) is 17.6 Å². The molecule has 0 spiro atoms. The predicted molar refractivity (Wildman–Crippen MR) is 64.8 cm³/mol. The van der Waals surface area contributed by atoms with E-state index in [1.54, 1.807) is 0 Å². The molecule has 0 aromatic carbocycles. The van der Waals surface area contributed by atoms with Crippen LogP contribution in [0.4, 0.5) is 0 Å². The smallest absolute Gasteiger partial charge is 0.0580 e. The lowest BCUT2D eigenvalue weighted by molar-refractivity contribution is -0.000540. The van der Waals surface area contributed by atoms with Crippen LogP contribution in [0.25, 0.3) is 0 Å². The van der Waals surface area contributed by atoms with Gasteiger partial charge in [-0.1, -0.05) is 13.8 Å². The zero-order chi connectivity index (χ0) is 11.1. The number of ether oxygens (including phenoxy) is 1. The second-order valence-corrected chi connectivity index (χ2v) is 5.26. The summed E-state index contributed by atoms with van der Waals surface area (Å²) < 4.78 is 5.93. The highest BCUT2D eigenvalue weighted by molar-refractivity contribution is 4.75. The van der Waals surface area contributed by atoms with Crippen LogP contribution in [0.2, 0.25) is 0 Å². The lowest BCUT2D eigenvalue weighted by Gasteiger charge is -2.31. The molecule has 0 aromatic heterocycles. The molecule has 2 unspecified atom stereocenters. The zero-order valence-corrected chi connectivity index (χ0v) is 10.4. The number of hydrogen-bond acceptors (Lipinski definition) is 2. The molecule has 90 valence electrons. The number of nitrogens with two attached hydrogens (primary N) is 1. The van der Waals surface area contributed by atoms with Gasteiger partial charge in [-0.05, 0) is 56.9 Å². The van der Waals surface area contributed by atoms with E-state index < -0.39 is 0 Å². The molecule has 2 heteroatoms. The van der Waals surface area contributed by atoms with E-state index in [0.717, 1.165) is 31.4 Å². The molecule has 2 nitrogen and oxygen atoms in total. The Hall–Kier alpha value is -0.0800. The molecule has 1 aliphatic carbocycles. The van der Waals surface area contributed by atoms with Gasteiger partial charge in [0.25, 0.3) is 0 Å². The summed E-state index contributed by atoms with van der Waals surface area (Å²) in [4.78, 5) is 0. The van der Waals surface area contributed by atoms with Crippen molar-refractivity contribution in [3.05, 3.63) is 0 Å². The summed E-state index contributed by atoms with van der Waals surface area (Å²) in [6.07, 6.45) is 7.97. The topological polar surface area (TPSA) is 35.2 Å². The van der Waals surface area contributed by atoms with E-state index >= 15 is 0 Å². The van der Waals surface area contributed by atoms with Gasteiger partial charge in [0.2, 0.25) is 0 Å². The molecule has 0 aromatic rings. The summed E-state index contributed by atoms with van der Waals surface area (Å²) in [5.74, 6) is 1.70. The standard InChI is InChI=1S/C13H27NO/c1-11-8-12(2)10-13(9-11)15-7-5-3-4-6-14/h11-13H,3-10,14H2,1-2H3. The van der Waals surface area contributed by atoms with Crippen LogP contribution >= 0.6 is 0 Å². The lowest BCUT2D eigenvalue weighted by atomic mass is 9.82. The fraction of sp³-hybridized carbons (Fsp3) is 1.00. The van der Waals surface area contributed by atoms with Crippen molar-refractivity contribution in [2.45, 2.75) is 58.5 Å². The Balaban J connectivity index is 2.04. The van der Waals surface area contributed by atoms with E-state index in [9.17, 15) is 0 Å². The molecular formula is C13H27NO. The molecule has 2 N–H and O–H groups in total. The Morgan fingerprint density at radius 1 is 1.00 bits per heavy atom. The van der Waals surface area contributed by atoms with E-state index in [-0.39, 0.29) is 0 Å². The molecule has 0 heterocycles. The summed E-state index contributed by atoms with van der Waals surface area (Å²) in [7, 11) is 0. The van der Waals surface area contributed by atoms with E-state index in [2.05, 4.69) is 13.8 Å². The summed E-state index contributed by atoms with van der Waals surface area (Å²) in [6, 6.07) is 0. The molecule has 1 aliphatic rings. The highest BCUT2D eigenvalue weighted by Crippen LogP contribution is 2.30. The van der Waals surface area contributed by atoms with E-state index in [4.69, 9.17) is 10.5 Å². The minimum atomic E-state index is 0.529. The second-order valence-electron chi connectivity index (χ2n) is 5.26. The van der Waals surface area contributed by atoms with Gasteiger partial charge in [-0.25, -0.2) is 0 Å². The lowest BCUT2D eigenvalue weighted by Crippen LogP contribution is -2.26. The Labute approximate surface area is 94.6 Å². The minimum Gasteiger partial charge on any atom is -0.378 e. The van der Waals surface area contributed by atoms with Gasteiger partial charge in [0.15, 0.2) is 0 Å². The van der Waals surface area contributed by atoms with Gasteiger partial charge < -0.3 is 10.5 Å². The molecular weight excluding hydrogens is 186 g/mol. The van der Waals surface area contributed by atoms with Gasteiger partial charge in [0.1, 0.15) is 0 Å². The van der Waals surface area contributed by atoms with Crippen LogP contribution < -0.4 is 5.73 Å². The average molecular weight is 213 g/mol. The summed E-state index contributed by atoms with van der Waals surface area (Å²) in [6.45, 7) is 6.45. The first-order valence-electron chi connectivity index (χ1n) is 6.54. The largest absolute Gasteiger partial charge is 0.378 e. The van der Waals surface area contributed by atoms with Crippen molar-refractivity contribution in [2.75, 3.05) is 13.2 Å². The van der Waals surface area contributed by atoms with Gasteiger partial charge >= 0.3 is 0 Å². The molecule has 2 atom stereocenters. The third-order valence-corrected chi connectivity index (χ3v) is 3.34. The molecule has 0 bridgehead atoms. The van der Waals surface area contributed by atoms with Crippen LogP contribution in [-0.4, -0.2) is 19.3 Å². The van der Waals surface area contributed by atoms with Gasteiger partial charge in [0.05, 0.1) is 6.10 Å². The quantitative estimate of drug-likeness (QED) is 0.688. The Bertz CT molecular complexity index is 151. The van der Waals surface area contributed by atoms with Crippen molar-refractivity contribution in [1.82, 2.24) is 0 Å². The monoisotopic (exact) mass is 213 g/mol. The summed E-state index contributed by atoms with van der Waals surface area (Å²) >= 11 is 0. The molecule has 1 fully saturated rings. The zero-order valence-electron chi connectivity index (χ0n) is 10.4. The van der Waals surface area contributed by atoms with Gasteiger partial charge in [-0.3, -0.25) is 0 Å². The first kappa shape index (κ1) is 13.0. The molecule has 0 amide bonds. The molecule has 0 aliphatic heterocycles. The summed E-state index contributed by atoms with van der Waals surface area (Å²) in [5.41, 5.74) is 5.45. The normalized spacial score (nSPS) is 31.8. The minimum absolute atomic E-state index is 0.529. The van der Waals surface area contributed by atoms with Crippen LogP contribution in [0.1, 0.15) is 52.4 Å². The van der Waals surface area contributed by atoms with Crippen LogP contribution in [0.3, 0.4) is 0 Å². The summed E-state index contributed by atoms with van der Waals surface area (Å²) in [5, 5.41) is 0. The molecule has 1 rings (SSSR count). The number of unbranched alkanes of at least 4 members (excludes halogenated alkanes) is 2. The molecule has 0 saturated heterocycles. The van der Waals surface area contributed by atoms with Crippen molar-refractivity contribution in [3.8, 4) is 0 Å². The van der Waals surface area contributed by atoms with Crippen LogP contribution in [0.5, 0.6) is 0 Å². The maximum absolute atomic E-state index is 5.93. The fourth-order valence-corrected chi connectivity index (χ4v) is 2.68.